The summed E-state index contributed by atoms with van der Waals surface area (Å²) in [5.74, 6) is 1.15. The van der Waals surface area contributed by atoms with Gasteiger partial charge in [-0.3, -0.25) is 24.1 Å². The molecule has 1 unspecified atom stereocenters. The van der Waals surface area contributed by atoms with Crippen LogP contribution in [0.3, 0.4) is 0 Å². The normalized spacial score (nSPS) is 20.0. The lowest BCUT2D eigenvalue weighted by molar-refractivity contribution is 0.0448. The summed E-state index contributed by atoms with van der Waals surface area (Å²) in [5.41, 5.74) is 4.06. The van der Waals surface area contributed by atoms with Crippen molar-refractivity contribution >= 4 is 28.5 Å². The van der Waals surface area contributed by atoms with Gasteiger partial charge in [-0.25, -0.2) is 14.8 Å². The third kappa shape index (κ3) is 6.43. The Morgan fingerprint density at radius 2 is 1.67 bits per heavy atom. The molecule has 0 aliphatic carbocycles. The number of nitrogens with zero attached hydrogens (tertiary/aromatic N) is 6. The molecule has 3 N–H and O–H groups in total. The molecule has 8 rings (SSSR count). The van der Waals surface area contributed by atoms with E-state index in [9.17, 15) is 9.59 Å². The van der Waals surface area contributed by atoms with Gasteiger partial charge in [0.15, 0.2) is 0 Å². The number of para-hydroxylation sites is 1. The first-order valence-electron chi connectivity index (χ1n) is 16.9. The van der Waals surface area contributed by atoms with Crippen molar-refractivity contribution in [1.29, 1.82) is 0 Å². The summed E-state index contributed by atoms with van der Waals surface area (Å²) in [4.78, 5) is 46.3. The average molecular weight is 666 g/mol. The number of piperidine rings is 1. The zero-order valence-electron chi connectivity index (χ0n) is 26.8. The van der Waals surface area contributed by atoms with Crippen molar-refractivity contribution in [3.05, 3.63) is 105 Å². The predicted octanol–water partition coefficient (Wildman–Crippen LogP) is 4.17. The highest BCUT2D eigenvalue weighted by atomic mass is 35.5. The number of H-pyrrole nitrogens is 2. The van der Waals surface area contributed by atoms with Crippen LogP contribution < -0.4 is 16.6 Å². The van der Waals surface area contributed by atoms with Gasteiger partial charge < -0.3 is 15.2 Å². The number of halogens is 1. The number of nitrogens with one attached hydrogen (secondary N) is 3. The fourth-order valence-corrected chi connectivity index (χ4v) is 7.76. The first kappa shape index (κ1) is 31.0. The van der Waals surface area contributed by atoms with E-state index in [1.54, 1.807) is 6.20 Å². The summed E-state index contributed by atoms with van der Waals surface area (Å²) in [6.45, 7) is 8.74. The summed E-state index contributed by atoms with van der Waals surface area (Å²) in [6, 6.07) is 18.7. The van der Waals surface area contributed by atoms with Crippen LogP contribution in [0, 0.1) is 0 Å². The van der Waals surface area contributed by atoms with Crippen LogP contribution in [0.15, 0.2) is 82.8 Å². The van der Waals surface area contributed by atoms with Crippen LogP contribution in [-0.4, -0.2) is 104 Å². The quantitative estimate of drug-likeness (QED) is 0.215. The molecule has 0 spiro atoms. The second-order valence-electron chi connectivity index (χ2n) is 13.4. The second kappa shape index (κ2) is 13.3. The Kier molecular flexibility index (Phi) is 8.60. The summed E-state index contributed by atoms with van der Waals surface area (Å²) < 4.78 is 1.46. The molecule has 3 saturated heterocycles. The number of anilines is 1. The van der Waals surface area contributed by atoms with Gasteiger partial charge in [0, 0.05) is 92.2 Å². The topological polar surface area (TPSA) is 118 Å². The van der Waals surface area contributed by atoms with Crippen molar-refractivity contribution in [3.8, 4) is 16.9 Å². The largest absolute Gasteiger partial charge is 0.360 e. The molecule has 0 saturated carbocycles. The predicted molar refractivity (Wildman–Crippen MR) is 189 cm³/mol. The third-order valence-corrected chi connectivity index (χ3v) is 10.7. The maximum Gasteiger partial charge on any atom is 0.332 e. The molecule has 1 atom stereocenters. The van der Waals surface area contributed by atoms with Crippen molar-refractivity contribution in [2.24, 2.45) is 0 Å². The van der Waals surface area contributed by atoms with Gasteiger partial charge in [0.2, 0.25) is 5.95 Å². The molecule has 3 aliphatic heterocycles. The standard InChI is InChI=1S/C36H40ClN9O2/c37-31-20-39-35(42-34(31)30-19-38-32-4-2-1-3-29(30)32)40-26-9-13-44(23-26)18-17-43-14-10-27(11-15-43)45-21-25(22-45)24-5-7-28(8-6-24)46-16-12-33(47)41-36(46)48/h1-8,12,16,19-20,25-27,38H,9-11,13-15,17-18,21-23H2,(H,39,40,42)(H,41,47,48). The molecule has 12 heteroatoms. The Morgan fingerprint density at radius 3 is 2.48 bits per heavy atom. The van der Waals surface area contributed by atoms with E-state index in [0.29, 0.717) is 29.0 Å². The molecule has 48 heavy (non-hydrogen) atoms. The van der Waals surface area contributed by atoms with Crippen molar-refractivity contribution in [2.75, 3.05) is 57.7 Å². The van der Waals surface area contributed by atoms with Crippen molar-refractivity contribution in [1.82, 2.24) is 39.2 Å². The molecule has 248 valence electrons. The summed E-state index contributed by atoms with van der Waals surface area (Å²) in [7, 11) is 0. The Labute approximate surface area is 283 Å². The number of aromatic amines is 2. The van der Waals surface area contributed by atoms with Crippen LogP contribution in [-0.2, 0) is 0 Å². The molecular formula is C36H40ClN9O2. The molecule has 0 radical (unpaired) electrons. The van der Waals surface area contributed by atoms with Gasteiger partial charge >= 0.3 is 5.69 Å². The van der Waals surface area contributed by atoms with Crippen LogP contribution in [0.2, 0.25) is 5.02 Å². The van der Waals surface area contributed by atoms with Gasteiger partial charge in [-0.15, -0.1) is 0 Å². The number of hydrogen-bond acceptors (Lipinski definition) is 8. The van der Waals surface area contributed by atoms with Crippen LogP contribution in [0.25, 0.3) is 27.8 Å². The zero-order chi connectivity index (χ0) is 32.6. The first-order valence-corrected chi connectivity index (χ1v) is 17.3. The van der Waals surface area contributed by atoms with E-state index >= 15 is 0 Å². The molecule has 0 amide bonds. The van der Waals surface area contributed by atoms with Gasteiger partial charge in [0.1, 0.15) is 0 Å². The lowest BCUT2D eigenvalue weighted by Crippen LogP contribution is -2.54. The second-order valence-corrected chi connectivity index (χ2v) is 13.8. The van der Waals surface area contributed by atoms with Crippen molar-refractivity contribution in [2.45, 2.75) is 37.3 Å². The lowest BCUT2D eigenvalue weighted by Gasteiger charge is -2.47. The zero-order valence-corrected chi connectivity index (χ0v) is 27.6. The molecule has 3 aliphatic rings. The number of fused-ring (bicyclic) bond motifs is 1. The number of hydrogen-bond donors (Lipinski definition) is 3. The highest BCUT2D eigenvalue weighted by Crippen LogP contribution is 2.33. The Hall–Kier alpha value is -4.29. The number of aromatic nitrogens is 5. The highest BCUT2D eigenvalue weighted by molar-refractivity contribution is 6.33. The van der Waals surface area contributed by atoms with Crippen LogP contribution in [0.5, 0.6) is 0 Å². The van der Waals surface area contributed by atoms with E-state index in [1.165, 1.54) is 35.2 Å². The molecule has 5 aromatic rings. The molecule has 2 aromatic carbocycles. The smallest absolute Gasteiger partial charge is 0.332 e. The average Bonchev–Trinajstić information content (AvgIpc) is 3.72. The Balaban J connectivity index is 0.769. The summed E-state index contributed by atoms with van der Waals surface area (Å²) >= 11 is 6.54. The van der Waals surface area contributed by atoms with E-state index in [2.05, 4.69) is 59.2 Å². The number of likely N-dealkylation sites (tertiary alicyclic amines) is 3. The summed E-state index contributed by atoms with van der Waals surface area (Å²) in [5, 5.41) is 5.22. The van der Waals surface area contributed by atoms with E-state index in [-0.39, 0.29) is 5.56 Å². The fraction of sp³-hybridized carbons (Fsp3) is 0.389. The Morgan fingerprint density at radius 1 is 0.896 bits per heavy atom. The molecule has 11 nitrogen and oxygen atoms in total. The van der Waals surface area contributed by atoms with Gasteiger partial charge in [0.05, 0.1) is 22.6 Å². The van der Waals surface area contributed by atoms with Crippen LogP contribution in [0.1, 0.15) is 30.7 Å². The lowest BCUT2D eigenvalue weighted by atomic mass is 9.88. The minimum Gasteiger partial charge on any atom is -0.360 e. The van der Waals surface area contributed by atoms with Crippen molar-refractivity contribution in [3.63, 3.8) is 0 Å². The maximum absolute atomic E-state index is 12.1. The molecule has 6 heterocycles. The minimum absolute atomic E-state index is 0.315. The van der Waals surface area contributed by atoms with E-state index in [1.807, 2.05) is 30.5 Å². The third-order valence-electron chi connectivity index (χ3n) is 10.4. The van der Waals surface area contributed by atoms with Gasteiger partial charge in [0.25, 0.3) is 5.56 Å². The number of benzene rings is 2. The van der Waals surface area contributed by atoms with E-state index < -0.39 is 5.69 Å². The van der Waals surface area contributed by atoms with Crippen molar-refractivity contribution < 1.29 is 0 Å². The van der Waals surface area contributed by atoms with Crippen LogP contribution >= 0.6 is 11.6 Å². The van der Waals surface area contributed by atoms with E-state index in [4.69, 9.17) is 16.6 Å². The molecule has 0 bridgehead atoms. The van der Waals surface area contributed by atoms with Crippen LogP contribution in [0.4, 0.5) is 5.95 Å². The SMILES string of the molecule is O=c1ccn(-c2ccc(C3CN(C4CCN(CCN5CCC(Nc6ncc(Cl)c(-c7c[nH]c8ccccc78)n6)C5)CC4)C3)cc2)c(=O)[nH]1. The number of rotatable bonds is 9. The Bertz CT molecular complexity index is 2010. The highest BCUT2D eigenvalue weighted by Gasteiger charge is 2.35. The minimum atomic E-state index is -0.418. The first-order chi connectivity index (χ1) is 23.5. The maximum atomic E-state index is 12.1. The molecular weight excluding hydrogens is 626 g/mol. The van der Waals surface area contributed by atoms with Gasteiger partial charge in [-0.1, -0.05) is 41.9 Å². The van der Waals surface area contributed by atoms with Gasteiger partial charge in [-0.2, -0.15) is 0 Å². The fourth-order valence-electron chi connectivity index (χ4n) is 7.57. The van der Waals surface area contributed by atoms with E-state index in [0.717, 1.165) is 86.6 Å². The monoisotopic (exact) mass is 665 g/mol. The summed E-state index contributed by atoms with van der Waals surface area (Å²) in [6.07, 6.45) is 8.70. The van der Waals surface area contributed by atoms with Gasteiger partial charge in [-0.05, 0) is 56.1 Å². The molecule has 3 aromatic heterocycles. The molecule has 3 fully saturated rings.